The normalized spacial score (nSPS) is 17.4. The van der Waals surface area contributed by atoms with Crippen molar-refractivity contribution in [2.24, 2.45) is 0 Å². The fourth-order valence-corrected chi connectivity index (χ4v) is 2.96. The zero-order valence-corrected chi connectivity index (χ0v) is 14.3. The second kappa shape index (κ2) is 7.69. The topological polar surface area (TPSA) is 93.5 Å². The van der Waals surface area contributed by atoms with Gasteiger partial charge in [-0.3, -0.25) is 10.1 Å². The van der Waals surface area contributed by atoms with Gasteiger partial charge in [0.05, 0.1) is 34.5 Å². The van der Waals surface area contributed by atoms with Gasteiger partial charge in [-0.15, -0.1) is 0 Å². The van der Waals surface area contributed by atoms with E-state index in [0.29, 0.717) is 17.7 Å². The molecular weight excluding hydrogens is 334 g/mol. The minimum atomic E-state index is -0.448. The molecule has 1 aliphatic rings. The van der Waals surface area contributed by atoms with Crippen LogP contribution in [-0.2, 0) is 9.53 Å². The summed E-state index contributed by atoms with van der Waals surface area (Å²) in [5.74, 6) is -0.448. The van der Waals surface area contributed by atoms with Crippen LogP contribution in [0.1, 0.15) is 24.9 Å². The number of rotatable bonds is 4. The highest BCUT2D eigenvalue weighted by Gasteiger charge is 2.26. The highest BCUT2D eigenvalue weighted by Crippen LogP contribution is 2.37. The molecule has 2 aromatic carbocycles. The molecule has 0 radical (unpaired) electrons. The number of nitrogens with one attached hydrogen (secondary N) is 2. The molecule has 1 atom stereocenters. The fourth-order valence-electron chi connectivity index (χ4n) is 2.96. The molecule has 0 fully saturated rings. The Balaban J connectivity index is 2.03. The van der Waals surface area contributed by atoms with Crippen molar-refractivity contribution in [2.45, 2.75) is 19.4 Å². The summed E-state index contributed by atoms with van der Waals surface area (Å²) in [6.07, 6.45) is 1.77. The lowest BCUT2D eigenvalue weighted by Gasteiger charge is -2.18. The van der Waals surface area contributed by atoms with Crippen molar-refractivity contribution in [3.8, 4) is 0 Å². The van der Waals surface area contributed by atoms with Gasteiger partial charge in [0.2, 0.25) is 0 Å². The number of carbonyl (C=O) groups is 1. The fraction of sp³-hybridized carbons (Fsp3) is 0.211. The molecule has 3 rings (SSSR count). The number of anilines is 2. The molecular formula is C19H19N3O4. The second-order valence-electron chi connectivity index (χ2n) is 5.81. The number of nitro benzene ring substituents is 1. The first-order chi connectivity index (χ1) is 12.6. The number of hydrogen-bond acceptors (Lipinski definition) is 6. The van der Waals surface area contributed by atoms with E-state index in [1.54, 1.807) is 25.1 Å². The van der Waals surface area contributed by atoms with Crippen LogP contribution < -0.4 is 10.6 Å². The molecule has 0 spiro atoms. The molecule has 2 N–H and O–H groups in total. The van der Waals surface area contributed by atoms with Gasteiger partial charge >= 0.3 is 5.97 Å². The van der Waals surface area contributed by atoms with Crippen LogP contribution in [0.15, 0.2) is 60.3 Å². The highest BCUT2D eigenvalue weighted by atomic mass is 16.6. The van der Waals surface area contributed by atoms with Crippen molar-refractivity contribution in [1.29, 1.82) is 0 Å². The minimum absolute atomic E-state index is 0.0415. The van der Waals surface area contributed by atoms with Crippen molar-refractivity contribution >= 4 is 23.0 Å². The summed E-state index contributed by atoms with van der Waals surface area (Å²) in [7, 11) is 0. The lowest BCUT2D eigenvalue weighted by molar-refractivity contribution is -0.385. The molecule has 2 aromatic rings. The first-order valence-corrected chi connectivity index (χ1v) is 8.31. The number of nitrogens with zero attached hydrogens (tertiary/aromatic N) is 1. The lowest BCUT2D eigenvalue weighted by Crippen LogP contribution is -2.13. The molecule has 7 nitrogen and oxygen atoms in total. The van der Waals surface area contributed by atoms with Gasteiger partial charge in [0.15, 0.2) is 0 Å². The van der Waals surface area contributed by atoms with E-state index >= 15 is 0 Å². The lowest BCUT2D eigenvalue weighted by atomic mass is 10.00. The van der Waals surface area contributed by atoms with Gasteiger partial charge in [-0.2, -0.15) is 0 Å². The van der Waals surface area contributed by atoms with Gasteiger partial charge in [-0.05, 0) is 19.1 Å². The van der Waals surface area contributed by atoms with Crippen LogP contribution in [0, 0.1) is 10.1 Å². The Morgan fingerprint density at radius 2 is 1.92 bits per heavy atom. The van der Waals surface area contributed by atoms with Gasteiger partial charge in [0, 0.05) is 24.3 Å². The van der Waals surface area contributed by atoms with Gasteiger partial charge in [0.25, 0.3) is 5.69 Å². The van der Waals surface area contributed by atoms with Crippen molar-refractivity contribution in [1.82, 2.24) is 0 Å². The van der Waals surface area contributed by atoms with E-state index in [1.807, 2.05) is 24.3 Å². The third kappa shape index (κ3) is 3.83. The maximum Gasteiger partial charge on any atom is 0.332 e. The van der Waals surface area contributed by atoms with Crippen LogP contribution in [0.25, 0.3) is 0 Å². The predicted octanol–water partition coefficient (Wildman–Crippen LogP) is 4.01. The SMILES string of the molecule is CCOC(=O)/C=C1/CC(c2ccccc2[N+](=O)[O-])Nc2ccccc2N1. The van der Waals surface area contributed by atoms with E-state index in [9.17, 15) is 14.9 Å². The average Bonchev–Trinajstić information content (AvgIpc) is 2.80. The number of ether oxygens (including phenoxy) is 1. The molecule has 0 saturated heterocycles. The van der Waals surface area contributed by atoms with E-state index in [1.165, 1.54) is 12.1 Å². The monoisotopic (exact) mass is 353 g/mol. The summed E-state index contributed by atoms with van der Waals surface area (Å²) in [6, 6.07) is 13.8. The van der Waals surface area contributed by atoms with E-state index < -0.39 is 10.9 Å². The van der Waals surface area contributed by atoms with Crippen molar-refractivity contribution in [3.05, 3.63) is 76.0 Å². The summed E-state index contributed by atoms with van der Waals surface area (Å²) in [4.78, 5) is 22.9. The van der Waals surface area contributed by atoms with Crippen molar-refractivity contribution < 1.29 is 14.5 Å². The Morgan fingerprint density at radius 1 is 1.23 bits per heavy atom. The van der Waals surface area contributed by atoms with E-state index in [-0.39, 0.29) is 18.3 Å². The second-order valence-corrected chi connectivity index (χ2v) is 5.81. The number of carbonyl (C=O) groups excluding carboxylic acids is 1. The van der Waals surface area contributed by atoms with Crippen LogP contribution in [0.4, 0.5) is 17.1 Å². The summed E-state index contributed by atoms with van der Waals surface area (Å²) in [5.41, 5.74) is 2.83. The van der Waals surface area contributed by atoms with Crippen LogP contribution in [0.3, 0.4) is 0 Å². The standard InChI is InChI=1S/C19H19N3O4/c1-2-26-19(23)12-13-11-17(14-7-3-6-10-18(14)22(24)25)21-16-9-5-4-8-15(16)20-13/h3-10,12,17,20-21H,2,11H2,1H3/b13-12-. The van der Waals surface area contributed by atoms with Crippen LogP contribution >= 0.6 is 0 Å². The number of para-hydroxylation sites is 3. The van der Waals surface area contributed by atoms with Gasteiger partial charge < -0.3 is 15.4 Å². The van der Waals surface area contributed by atoms with E-state index in [0.717, 1.165) is 11.4 Å². The molecule has 1 aliphatic heterocycles. The van der Waals surface area contributed by atoms with Gasteiger partial charge in [-0.1, -0.05) is 30.3 Å². The number of benzene rings is 2. The number of hydrogen-bond donors (Lipinski definition) is 2. The first kappa shape index (κ1) is 17.5. The molecule has 1 unspecified atom stereocenters. The maximum absolute atomic E-state index is 11.9. The Kier molecular flexibility index (Phi) is 5.17. The predicted molar refractivity (Wildman–Crippen MR) is 98.9 cm³/mol. The zero-order chi connectivity index (χ0) is 18.5. The Bertz CT molecular complexity index is 863. The third-order valence-corrected chi connectivity index (χ3v) is 4.06. The maximum atomic E-state index is 11.9. The van der Waals surface area contributed by atoms with E-state index in [4.69, 9.17) is 4.74 Å². The van der Waals surface area contributed by atoms with Gasteiger partial charge in [0.1, 0.15) is 0 Å². The van der Waals surface area contributed by atoms with Crippen LogP contribution in [-0.4, -0.2) is 17.5 Å². The molecule has 0 saturated carbocycles. The van der Waals surface area contributed by atoms with Crippen molar-refractivity contribution in [3.63, 3.8) is 0 Å². The summed E-state index contributed by atoms with van der Waals surface area (Å²) < 4.78 is 4.99. The number of nitro groups is 1. The molecule has 7 heteroatoms. The smallest absolute Gasteiger partial charge is 0.332 e. The number of esters is 1. The van der Waals surface area contributed by atoms with Gasteiger partial charge in [-0.25, -0.2) is 4.79 Å². The molecule has 0 amide bonds. The third-order valence-electron chi connectivity index (χ3n) is 4.06. The summed E-state index contributed by atoms with van der Waals surface area (Å²) in [6.45, 7) is 2.02. The quantitative estimate of drug-likeness (QED) is 0.373. The molecule has 0 aliphatic carbocycles. The van der Waals surface area contributed by atoms with Crippen LogP contribution in [0.2, 0.25) is 0 Å². The molecule has 0 bridgehead atoms. The molecule has 0 aromatic heterocycles. The molecule has 1 heterocycles. The molecule has 134 valence electrons. The number of fused-ring (bicyclic) bond motifs is 1. The minimum Gasteiger partial charge on any atom is -0.463 e. The Hall–Kier alpha value is -3.35. The average molecular weight is 353 g/mol. The zero-order valence-electron chi connectivity index (χ0n) is 14.3. The Labute approximate surface area is 150 Å². The van der Waals surface area contributed by atoms with E-state index in [2.05, 4.69) is 10.6 Å². The van der Waals surface area contributed by atoms with Crippen LogP contribution in [0.5, 0.6) is 0 Å². The highest BCUT2D eigenvalue weighted by molar-refractivity contribution is 5.84. The Morgan fingerprint density at radius 3 is 2.65 bits per heavy atom. The summed E-state index contributed by atoms with van der Waals surface area (Å²) in [5, 5.41) is 18.0. The first-order valence-electron chi connectivity index (χ1n) is 8.31. The molecule has 26 heavy (non-hydrogen) atoms. The summed E-state index contributed by atoms with van der Waals surface area (Å²) >= 11 is 0. The van der Waals surface area contributed by atoms with Crippen molar-refractivity contribution in [2.75, 3.05) is 17.2 Å². The largest absolute Gasteiger partial charge is 0.463 e.